The number of nitrogens with zero attached hydrogens (tertiary/aromatic N) is 3. The summed E-state index contributed by atoms with van der Waals surface area (Å²) >= 11 is 0. The summed E-state index contributed by atoms with van der Waals surface area (Å²) in [7, 11) is 1.66. The molecule has 10 nitrogen and oxygen atoms in total. The standard InChI is InChI=1S/C20H32N3O3.2C5H8O2.Co/c1-19(2,26-4)14-20(3,15-21)13-16(23-11-6-8-18(23)25)9-12-22-10-5-7-17(22)24;2*1-4(6)3-5(2)7;/h12,16H,5-11,13-14H2,1-4H3;2*3,6H,1-2H3;/q-1;;;/b;4-3+;4-3-;. The van der Waals surface area contributed by atoms with Crippen LogP contribution >= 0.6 is 0 Å². The summed E-state index contributed by atoms with van der Waals surface area (Å²) in [6.45, 7) is 15.0. The van der Waals surface area contributed by atoms with Crippen LogP contribution in [0.3, 0.4) is 0 Å². The Morgan fingerprint density at radius 1 is 1.00 bits per heavy atom. The number of nitriles is 1. The molecule has 0 aromatic carbocycles. The van der Waals surface area contributed by atoms with Crippen molar-refractivity contribution in [1.29, 1.82) is 5.26 Å². The van der Waals surface area contributed by atoms with Crippen LogP contribution in [0.1, 0.15) is 93.4 Å². The molecule has 0 bridgehead atoms. The topological polar surface area (TPSA) is 148 Å². The Kier molecular flexibility index (Phi) is 19.2. The Balaban J connectivity index is 0. The van der Waals surface area contributed by atoms with Gasteiger partial charge in [0.25, 0.3) is 0 Å². The number of rotatable bonds is 11. The van der Waals surface area contributed by atoms with Crippen LogP contribution in [0.25, 0.3) is 0 Å². The average molecular weight is 622 g/mol. The summed E-state index contributed by atoms with van der Waals surface area (Å²) in [6.07, 6.45) is 7.05. The number of ketones is 2. The molecule has 2 rings (SSSR count). The van der Waals surface area contributed by atoms with Crippen LogP contribution in [0.5, 0.6) is 0 Å². The van der Waals surface area contributed by atoms with Gasteiger partial charge in [0.15, 0.2) is 17.5 Å². The van der Waals surface area contributed by atoms with Crippen molar-refractivity contribution in [3.8, 4) is 6.07 Å². The number of aliphatic hydroxyl groups excluding tert-OH is 2. The molecule has 2 fully saturated rings. The molecule has 0 aromatic rings. The number of hydrogen-bond acceptors (Lipinski definition) is 8. The number of allylic oxidation sites excluding steroid dienone is 4. The van der Waals surface area contributed by atoms with Gasteiger partial charge in [0, 0.05) is 61.5 Å². The SMILES string of the molecule is CC(=O)/C=C(/C)O.CC(=O)/C=C(\C)O.COC(C)(C)CC(C)(C#N)CC(C[CH-]N1CCCC1=O)N1CCCC1=O.[Co]. The smallest absolute Gasteiger partial charge is 0.222 e. The van der Waals surface area contributed by atoms with E-state index in [1.165, 1.54) is 39.8 Å². The van der Waals surface area contributed by atoms with Gasteiger partial charge in [-0.3, -0.25) is 19.2 Å². The second-order valence-electron chi connectivity index (χ2n) is 11.3. The first-order valence-corrected chi connectivity index (χ1v) is 13.6. The molecular formula is C30H48CoN3O7-. The maximum atomic E-state index is 12.3. The number of methoxy groups -OCH3 is 1. The summed E-state index contributed by atoms with van der Waals surface area (Å²) in [6, 6.07) is 2.40. The third kappa shape index (κ3) is 17.7. The van der Waals surface area contributed by atoms with Gasteiger partial charge in [-0.1, -0.05) is 0 Å². The fourth-order valence-corrected chi connectivity index (χ4v) is 4.76. The Morgan fingerprint density at radius 2 is 1.49 bits per heavy atom. The molecule has 0 aromatic heterocycles. The van der Waals surface area contributed by atoms with Crippen molar-refractivity contribution in [1.82, 2.24) is 9.80 Å². The molecular weight excluding hydrogens is 573 g/mol. The summed E-state index contributed by atoms with van der Waals surface area (Å²) in [5.74, 6) is 0.183. The van der Waals surface area contributed by atoms with Crippen LogP contribution in [-0.2, 0) is 40.7 Å². The first kappa shape index (κ1) is 40.5. The largest absolute Gasteiger partial charge is 0.512 e. The predicted molar refractivity (Wildman–Crippen MR) is 153 cm³/mol. The molecule has 0 aliphatic carbocycles. The minimum Gasteiger partial charge on any atom is -0.512 e. The van der Waals surface area contributed by atoms with Gasteiger partial charge in [0.2, 0.25) is 5.91 Å². The molecule has 2 unspecified atom stereocenters. The van der Waals surface area contributed by atoms with Crippen molar-refractivity contribution in [2.45, 2.75) is 105 Å². The molecule has 41 heavy (non-hydrogen) atoms. The second kappa shape index (κ2) is 19.4. The number of hydrogen-bond donors (Lipinski definition) is 2. The van der Waals surface area contributed by atoms with E-state index < -0.39 is 11.0 Å². The molecule has 2 saturated heterocycles. The van der Waals surface area contributed by atoms with Crippen molar-refractivity contribution < 1.29 is 50.9 Å². The van der Waals surface area contributed by atoms with Crippen molar-refractivity contribution in [3.05, 3.63) is 30.2 Å². The summed E-state index contributed by atoms with van der Waals surface area (Å²) in [4.78, 5) is 47.9. The van der Waals surface area contributed by atoms with Crippen LogP contribution in [0.4, 0.5) is 0 Å². The Hall–Kier alpha value is -2.68. The van der Waals surface area contributed by atoms with Crippen LogP contribution in [0, 0.1) is 23.3 Å². The van der Waals surface area contributed by atoms with Crippen LogP contribution in [0.15, 0.2) is 23.7 Å². The number of carbonyl (C=O) groups excluding carboxylic acids is 4. The van der Waals surface area contributed by atoms with Crippen molar-refractivity contribution in [3.63, 3.8) is 0 Å². The first-order valence-electron chi connectivity index (χ1n) is 13.6. The van der Waals surface area contributed by atoms with Gasteiger partial charge in [-0.05, 0) is 80.7 Å². The summed E-state index contributed by atoms with van der Waals surface area (Å²) in [5, 5.41) is 26.6. The van der Waals surface area contributed by atoms with Crippen molar-refractivity contribution >= 4 is 23.4 Å². The molecule has 2 amide bonds. The van der Waals surface area contributed by atoms with Gasteiger partial charge in [-0.15, -0.1) is 6.42 Å². The van der Waals surface area contributed by atoms with E-state index in [2.05, 4.69) is 6.07 Å². The van der Waals surface area contributed by atoms with E-state index in [4.69, 9.17) is 14.9 Å². The van der Waals surface area contributed by atoms with E-state index in [9.17, 15) is 24.4 Å². The third-order valence-corrected chi connectivity index (χ3v) is 6.41. The molecule has 11 heteroatoms. The molecule has 2 atom stereocenters. The van der Waals surface area contributed by atoms with Crippen LogP contribution in [-0.4, -0.2) is 75.2 Å². The minimum absolute atomic E-state index is 0. The number of ether oxygens (including phenoxy) is 1. The van der Waals surface area contributed by atoms with Crippen LogP contribution in [0.2, 0.25) is 0 Å². The van der Waals surface area contributed by atoms with E-state index in [-0.39, 0.29) is 57.7 Å². The Morgan fingerprint density at radius 3 is 1.80 bits per heavy atom. The normalized spacial score (nSPS) is 17.7. The first-order chi connectivity index (χ1) is 18.4. The molecule has 0 spiro atoms. The molecule has 2 aliphatic rings. The van der Waals surface area contributed by atoms with Gasteiger partial charge in [-0.2, -0.15) is 5.26 Å². The average Bonchev–Trinajstić information content (AvgIpc) is 3.43. The molecule has 2 aliphatic heterocycles. The zero-order valence-corrected chi connectivity index (χ0v) is 26.8. The molecule has 0 saturated carbocycles. The van der Waals surface area contributed by atoms with Crippen molar-refractivity contribution in [2.24, 2.45) is 5.41 Å². The van der Waals surface area contributed by atoms with Gasteiger partial charge in [0.1, 0.15) is 0 Å². The summed E-state index contributed by atoms with van der Waals surface area (Å²) < 4.78 is 5.53. The minimum atomic E-state index is -0.601. The van der Waals surface area contributed by atoms with Crippen molar-refractivity contribution in [2.75, 3.05) is 20.2 Å². The number of aliphatic hydroxyl groups is 2. The van der Waals surface area contributed by atoms with E-state index in [1.807, 2.05) is 32.2 Å². The fraction of sp³-hybridized carbons (Fsp3) is 0.667. The van der Waals surface area contributed by atoms with E-state index in [1.54, 1.807) is 12.0 Å². The Bertz CT molecular complexity index is 951. The second-order valence-corrected chi connectivity index (χ2v) is 11.3. The van der Waals surface area contributed by atoms with E-state index in [0.29, 0.717) is 32.1 Å². The number of carbonyl (C=O) groups is 4. The summed E-state index contributed by atoms with van der Waals surface area (Å²) in [5.41, 5.74) is -1.01. The zero-order valence-electron chi connectivity index (χ0n) is 25.8. The van der Waals surface area contributed by atoms with Gasteiger partial charge in [-0.25, -0.2) is 6.54 Å². The van der Waals surface area contributed by atoms with E-state index in [0.717, 1.165) is 25.9 Å². The van der Waals surface area contributed by atoms with E-state index >= 15 is 0 Å². The van der Waals surface area contributed by atoms with Gasteiger partial charge < -0.3 is 24.7 Å². The fourth-order valence-electron chi connectivity index (χ4n) is 4.76. The van der Waals surface area contributed by atoms with Gasteiger partial charge >= 0.3 is 0 Å². The zero-order chi connectivity index (χ0) is 31.1. The van der Waals surface area contributed by atoms with Gasteiger partial charge in [0.05, 0.1) is 28.6 Å². The number of amides is 2. The number of likely N-dealkylation sites (tertiary alicyclic amines) is 2. The molecule has 2 N–H and O–H groups in total. The quantitative estimate of drug-likeness (QED) is 0.187. The molecule has 235 valence electrons. The molecule has 1 radical (unpaired) electrons. The monoisotopic (exact) mass is 621 g/mol. The maximum Gasteiger partial charge on any atom is 0.222 e. The predicted octanol–water partition coefficient (Wildman–Crippen LogP) is 4.96. The molecule has 2 heterocycles. The Labute approximate surface area is 256 Å². The third-order valence-electron chi connectivity index (χ3n) is 6.41. The van der Waals surface area contributed by atoms with Crippen LogP contribution < -0.4 is 0 Å². The maximum absolute atomic E-state index is 12.3.